The van der Waals surface area contributed by atoms with Crippen LogP contribution in [0.25, 0.3) is 0 Å². The lowest BCUT2D eigenvalue weighted by molar-refractivity contribution is -0.158. The number of carbonyl (C=O) groups is 2. The largest absolute Gasteiger partial charge is 0.466 e. The molecule has 2 N–H and O–H groups in total. The number of benzene rings is 2. The number of rotatable bonds is 7. The monoisotopic (exact) mass is 327 g/mol. The summed E-state index contributed by atoms with van der Waals surface area (Å²) in [6.07, 6.45) is -0.279. The lowest BCUT2D eigenvalue weighted by Crippen LogP contribution is -2.48. The first-order chi connectivity index (χ1) is 11.6. The summed E-state index contributed by atoms with van der Waals surface area (Å²) in [6, 6.07) is 18.0. The van der Waals surface area contributed by atoms with Gasteiger partial charge >= 0.3 is 11.9 Å². The smallest absolute Gasteiger partial charge is 0.331 e. The molecule has 0 saturated heterocycles. The van der Waals surface area contributed by atoms with Gasteiger partial charge in [-0.15, -0.1) is 0 Å². The average molecular weight is 327 g/mol. The van der Waals surface area contributed by atoms with E-state index in [1.165, 1.54) is 0 Å². The van der Waals surface area contributed by atoms with Gasteiger partial charge in [0.15, 0.2) is 5.54 Å². The summed E-state index contributed by atoms with van der Waals surface area (Å²) >= 11 is 0. The SMILES string of the molecule is CCOC(=O)C[C@@](N)(C(=O)OCc1ccccc1)c1ccccc1. The van der Waals surface area contributed by atoms with Gasteiger partial charge < -0.3 is 15.2 Å². The van der Waals surface area contributed by atoms with Gasteiger partial charge in [0, 0.05) is 0 Å². The van der Waals surface area contributed by atoms with E-state index in [9.17, 15) is 9.59 Å². The molecule has 0 spiro atoms. The van der Waals surface area contributed by atoms with Crippen molar-refractivity contribution in [1.82, 2.24) is 0 Å². The Kier molecular flexibility index (Phi) is 6.09. The van der Waals surface area contributed by atoms with Crippen LogP contribution in [0, 0.1) is 0 Å². The van der Waals surface area contributed by atoms with Gasteiger partial charge in [0.05, 0.1) is 13.0 Å². The van der Waals surface area contributed by atoms with Gasteiger partial charge in [-0.25, -0.2) is 4.79 Å². The molecule has 2 rings (SSSR count). The highest BCUT2D eigenvalue weighted by Gasteiger charge is 2.40. The number of hydrogen-bond donors (Lipinski definition) is 1. The van der Waals surface area contributed by atoms with Crippen LogP contribution in [0.3, 0.4) is 0 Å². The lowest BCUT2D eigenvalue weighted by atomic mass is 9.87. The number of carbonyl (C=O) groups excluding carboxylic acids is 2. The Morgan fingerprint density at radius 1 is 0.958 bits per heavy atom. The fraction of sp³-hybridized carbons (Fsp3) is 0.263. The van der Waals surface area contributed by atoms with Crippen molar-refractivity contribution in [2.75, 3.05) is 6.61 Å². The van der Waals surface area contributed by atoms with Crippen molar-refractivity contribution in [1.29, 1.82) is 0 Å². The second-order valence-corrected chi connectivity index (χ2v) is 5.38. The van der Waals surface area contributed by atoms with Crippen molar-refractivity contribution < 1.29 is 19.1 Å². The third-order valence-electron chi connectivity index (χ3n) is 3.59. The van der Waals surface area contributed by atoms with Crippen LogP contribution in [0.4, 0.5) is 0 Å². The highest BCUT2D eigenvalue weighted by molar-refractivity contribution is 5.88. The summed E-state index contributed by atoms with van der Waals surface area (Å²) in [5, 5.41) is 0. The standard InChI is InChI=1S/C19H21NO4/c1-2-23-17(21)13-19(20,16-11-7-4-8-12-16)18(22)24-14-15-9-5-3-6-10-15/h3-12H,2,13-14,20H2,1H3/t19-/m0/s1. The van der Waals surface area contributed by atoms with Crippen molar-refractivity contribution in [2.45, 2.75) is 25.5 Å². The molecule has 0 heterocycles. The zero-order chi connectivity index (χ0) is 17.4. The predicted octanol–water partition coefficient (Wildman–Crippen LogP) is 2.54. The van der Waals surface area contributed by atoms with E-state index in [2.05, 4.69) is 0 Å². The molecular formula is C19H21NO4. The van der Waals surface area contributed by atoms with E-state index in [0.717, 1.165) is 5.56 Å². The maximum atomic E-state index is 12.6. The van der Waals surface area contributed by atoms with Crippen molar-refractivity contribution in [3.8, 4) is 0 Å². The molecule has 2 aromatic rings. The Labute approximate surface area is 141 Å². The molecule has 5 heteroatoms. The van der Waals surface area contributed by atoms with Crippen molar-refractivity contribution in [2.24, 2.45) is 5.73 Å². The first kappa shape index (κ1) is 17.7. The van der Waals surface area contributed by atoms with Crippen LogP contribution in [0.2, 0.25) is 0 Å². The summed E-state index contributed by atoms with van der Waals surface area (Å²) in [4.78, 5) is 24.5. The van der Waals surface area contributed by atoms with Gasteiger partial charge in [0.1, 0.15) is 6.61 Å². The minimum absolute atomic E-state index is 0.0915. The molecule has 0 unspecified atom stereocenters. The zero-order valence-corrected chi connectivity index (χ0v) is 13.6. The van der Waals surface area contributed by atoms with Gasteiger partial charge in [0.2, 0.25) is 0 Å². The number of nitrogens with two attached hydrogens (primary N) is 1. The maximum absolute atomic E-state index is 12.6. The number of esters is 2. The topological polar surface area (TPSA) is 78.6 Å². The van der Waals surface area contributed by atoms with Gasteiger partial charge in [-0.05, 0) is 18.1 Å². The molecule has 0 aromatic heterocycles. The fourth-order valence-electron chi connectivity index (χ4n) is 2.32. The van der Waals surface area contributed by atoms with Gasteiger partial charge in [0.25, 0.3) is 0 Å². The van der Waals surface area contributed by atoms with Crippen LogP contribution in [-0.2, 0) is 31.2 Å². The number of ether oxygens (including phenoxy) is 2. The minimum Gasteiger partial charge on any atom is -0.466 e. The molecule has 126 valence electrons. The average Bonchev–Trinajstić information content (AvgIpc) is 2.61. The van der Waals surface area contributed by atoms with Crippen molar-refractivity contribution >= 4 is 11.9 Å². The molecule has 0 aliphatic heterocycles. The van der Waals surface area contributed by atoms with Crippen LogP contribution in [0.5, 0.6) is 0 Å². The van der Waals surface area contributed by atoms with E-state index in [1.807, 2.05) is 36.4 Å². The van der Waals surface area contributed by atoms with Gasteiger partial charge in [-0.1, -0.05) is 60.7 Å². The second kappa shape index (κ2) is 8.26. The summed E-state index contributed by atoms with van der Waals surface area (Å²) < 4.78 is 10.3. The van der Waals surface area contributed by atoms with E-state index in [1.54, 1.807) is 31.2 Å². The minimum atomic E-state index is -1.58. The Morgan fingerprint density at radius 2 is 1.54 bits per heavy atom. The van der Waals surface area contributed by atoms with Gasteiger partial charge in [-0.2, -0.15) is 0 Å². The highest BCUT2D eigenvalue weighted by Crippen LogP contribution is 2.25. The Balaban J connectivity index is 2.18. The highest BCUT2D eigenvalue weighted by atomic mass is 16.5. The summed E-state index contributed by atoms with van der Waals surface area (Å²) in [5.41, 5.74) is 6.06. The quantitative estimate of drug-likeness (QED) is 0.791. The molecule has 0 amide bonds. The zero-order valence-electron chi connectivity index (χ0n) is 13.6. The van der Waals surface area contributed by atoms with Crippen LogP contribution in [-0.4, -0.2) is 18.5 Å². The van der Waals surface area contributed by atoms with Gasteiger partial charge in [-0.3, -0.25) is 4.79 Å². The first-order valence-corrected chi connectivity index (χ1v) is 7.77. The third-order valence-corrected chi connectivity index (χ3v) is 3.59. The Bertz CT molecular complexity index is 672. The maximum Gasteiger partial charge on any atom is 0.331 e. The molecule has 2 aromatic carbocycles. The molecule has 1 atom stereocenters. The van der Waals surface area contributed by atoms with Crippen LogP contribution in [0.1, 0.15) is 24.5 Å². The Morgan fingerprint density at radius 3 is 2.12 bits per heavy atom. The van der Waals surface area contributed by atoms with E-state index < -0.39 is 17.5 Å². The Hall–Kier alpha value is -2.66. The third kappa shape index (κ3) is 4.43. The molecular weight excluding hydrogens is 306 g/mol. The van der Waals surface area contributed by atoms with Crippen LogP contribution >= 0.6 is 0 Å². The molecule has 0 aliphatic carbocycles. The van der Waals surface area contributed by atoms with E-state index in [-0.39, 0.29) is 19.6 Å². The normalized spacial score (nSPS) is 12.9. The van der Waals surface area contributed by atoms with E-state index in [4.69, 9.17) is 15.2 Å². The molecule has 0 aliphatic rings. The summed E-state index contributed by atoms with van der Waals surface area (Å²) in [5.74, 6) is -1.20. The molecule has 0 fully saturated rings. The fourth-order valence-corrected chi connectivity index (χ4v) is 2.32. The molecule has 5 nitrogen and oxygen atoms in total. The van der Waals surface area contributed by atoms with Crippen LogP contribution < -0.4 is 5.73 Å². The van der Waals surface area contributed by atoms with E-state index in [0.29, 0.717) is 5.56 Å². The molecule has 0 radical (unpaired) electrons. The van der Waals surface area contributed by atoms with Crippen LogP contribution in [0.15, 0.2) is 60.7 Å². The summed E-state index contributed by atoms with van der Waals surface area (Å²) in [6.45, 7) is 2.02. The van der Waals surface area contributed by atoms with Crippen molar-refractivity contribution in [3.63, 3.8) is 0 Å². The molecule has 24 heavy (non-hydrogen) atoms. The second-order valence-electron chi connectivity index (χ2n) is 5.38. The summed E-state index contributed by atoms with van der Waals surface area (Å²) in [7, 11) is 0. The predicted molar refractivity (Wildman–Crippen MR) is 89.8 cm³/mol. The lowest BCUT2D eigenvalue weighted by Gasteiger charge is -2.26. The molecule has 0 saturated carbocycles. The number of hydrogen-bond acceptors (Lipinski definition) is 5. The van der Waals surface area contributed by atoms with Crippen molar-refractivity contribution in [3.05, 3.63) is 71.8 Å². The molecule has 0 bridgehead atoms. The first-order valence-electron chi connectivity index (χ1n) is 7.77. The van der Waals surface area contributed by atoms with E-state index >= 15 is 0 Å².